The van der Waals surface area contributed by atoms with Gasteiger partial charge in [0.2, 0.25) is 0 Å². The van der Waals surface area contributed by atoms with Gasteiger partial charge in [-0.3, -0.25) is 9.78 Å². The first-order valence-corrected chi connectivity index (χ1v) is 11.0. The normalized spacial score (nSPS) is 11.6. The molecule has 0 aliphatic rings. The summed E-state index contributed by atoms with van der Waals surface area (Å²) in [5.41, 5.74) is 10.2. The maximum atomic E-state index is 12.8. The highest BCUT2D eigenvalue weighted by Crippen LogP contribution is 2.30. The van der Waals surface area contributed by atoms with Gasteiger partial charge in [0.15, 0.2) is 0 Å². The summed E-state index contributed by atoms with van der Waals surface area (Å²) in [6.07, 6.45) is 4.74. The van der Waals surface area contributed by atoms with Crippen LogP contribution in [0.2, 0.25) is 0 Å². The Bertz CT molecular complexity index is 1070. The number of carbonyl (C=O) groups excluding carboxylic acids is 2. The molecule has 1 atom stereocenters. The van der Waals surface area contributed by atoms with Gasteiger partial charge >= 0.3 is 5.97 Å². The van der Waals surface area contributed by atoms with Crippen LogP contribution in [-0.4, -0.2) is 29.3 Å². The highest BCUT2D eigenvalue weighted by Gasteiger charge is 2.16. The molecule has 0 fully saturated rings. The minimum atomic E-state index is -0.393. The minimum absolute atomic E-state index is 0.247. The standard InChI is InChI=1S/C25H26ClN3O3/c1-17(27)22-8-7-19(24(30)29-21-9-12-28-13-10-21)16-23(22)18-5-4-6-20(15-18)25(31)32-14-3-2-11-26/h4-10,12-13,15-17H,2-3,11,14,27H2,1H3,(H,28,29,30). The molecule has 0 saturated heterocycles. The van der Waals surface area contributed by atoms with Gasteiger partial charge in [0.1, 0.15) is 0 Å². The minimum Gasteiger partial charge on any atom is -0.462 e. The zero-order chi connectivity index (χ0) is 22.9. The number of unbranched alkanes of at least 4 members (excludes halogenated alkanes) is 1. The molecule has 1 unspecified atom stereocenters. The number of esters is 1. The number of ether oxygens (including phenoxy) is 1. The molecular weight excluding hydrogens is 426 g/mol. The Hall–Kier alpha value is -3.22. The number of pyridine rings is 1. The molecule has 0 aliphatic carbocycles. The predicted molar refractivity (Wildman–Crippen MR) is 127 cm³/mol. The van der Waals surface area contributed by atoms with Crippen LogP contribution in [0.3, 0.4) is 0 Å². The maximum Gasteiger partial charge on any atom is 0.338 e. The van der Waals surface area contributed by atoms with Gasteiger partial charge in [-0.1, -0.05) is 18.2 Å². The van der Waals surface area contributed by atoms with Crippen molar-refractivity contribution < 1.29 is 14.3 Å². The SMILES string of the molecule is CC(N)c1ccc(C(=O)Nc2ccncc2)cc1-c1cccc(C(=O)OCCCCCl)c1. The van der Waals surface area contributed by atoms with Crippen molar-refractivity contribution in [3.63, 3.8) is 0 Å². The molecule has 0 saturated carbocycles. The third-order valence-electron chi connectivity index (χ3n) is 4.91. The molecular formula is C25H26ClN3O3. The second kappa shape index (κ2) is 11.4. The van der Waals surface area contributed by atoms with E-state index in [0.29, 0.717) is 29.3 Å². The summed E-state index contributed by atoms with van der Waals surface area (Å²) in [7, 11) is 0. The summed E-state index contributed by atoms with van der Waals surface area (Å²) in [4.78, 5) is 29.2. The highest BCUT2D eigenvalue weighted by molar-refractivity contribution is 6.17. The second-order valence-electron chi connectivity index (χ2n) is 7.39. The van der Waals surface area contributed by atoms with Crippen LogP contribution in [0.5, 0.6) is 0 Å². The van der Waals surface area contributed by atoms with Gasteiger partial charge in [-0.25, -0.2) is 4.79 Å². The number of amides is 1. The Kier molecular flexibility index (Phi) is 8.36. The average molecular weight is 452 g/mol. The van der Waals surface area contributed by atoms with Gasteiger partial charge in [-0.15, -0.1) is 11.6 Å². The van der Waals surface area contributed by atoms with E-state index >= 15 is 0 Å². The third kappa shape index (κ3) is 6.15. The summed E-state index contributed by atoms with van der Waals surface area (Å²) in [6, 6.07) is 15.7. The van der Waals surface area contributed by atoms with Crippen LogP contribution in [-0.2, 0) is 4.74 Å². The van der Waals surface area contributed by atoms with Crippen molar-refractivity contribution in [2.45, 2.75) is 25.8 Å². The number of nitrogens with one attached hydrogen (secondary N) is 1. The molecule has 0 bridgehead atoms. The van der Waals surface area contributed by atoms with Gasteiger partial charge in [0.05, 0.1) is 12.2 Å². The van der Waals surface area contributed by atoms with E-state index in [1.165, 1.54) is 0 Å². The zero-order valence-corrected chi connectivity index (χ0v) is 18.6. The smallest absolute Gasteiger partial charge is 0.338 e. The van der Waals surface area contributed by atoms with Gasteiger partial charge in [0.25, 0.3) is 5.91 Å². The van der Waals surface area contributed by atoms with E-state index in [1.807, 2.05) is 19.1 Å². The molecule has 166 valence electrons. The molecule has 32 heavy (non-hydrogen) atoms. The molecule has 0 radical (unpaired) electrons. The van der Waals surface area contributed by atoms with Crippen LogP contribution in [0.25, 0.3) is 11.1 Å². The van der Waals surface area contributed by atoms with Crippen LogP contribution >= 0.6 is 11.6 Å². The number of nitrogens with zero attached hydrogens (tertiary/aromatic N) is 1. The first-order valence-electron chi connectivity index (χ1n) is 10.4. The van der Waals surface area contributed by atoms with E-state index in [1.54, 1.807) is 54.9 Å². The fraction of sp³-hybridized carbons (Fsp3) is 0.240. The van der Waals surface area contributed by atoms with Crippen molar-refractivity contribution in [3.05, 3.63) is 83.7 Å². The van der Waals surface area contributed by atoms with Crippen LogP contribution < -0.4 is 11.1 Å². The fourth-order valence-electron chi connectivity index (χ4n) is 3.24. The van der Waals surface area contributed by atoms with Gasteiger partial charge in [0, 0.05) is 35.6 Å². The summed E-state index contributed by atoms with van der Waals surface area (Å²) in [6.45, 7) is 2.20. The van der Waals surface area contributed by atoms with Crippen LogP contribution in [0, 0.1) is 0 Å². The van der Waals surface area contributed by atoms with Crippen molar-refractivity contribution in [1.82, 2.24) is 4.98 Å². The Labute approximate surface area is 192 Å². The van der Waals surface area contributed by atoms with Crippen molar-refractivity contribution in [2.75, 3.05) is 17.8 Å². The van der Waals surface area contributed by atoms with Crippen LogP contribution in [0.4, 0.5) is 5.69 Å². The lowest BCUT2D eigenvalue weighted by atomic mass is 9.92. The number of aromatic nitrogens is 1. The van der Waals surface area contributed by atoms with E-state index in [0.717, 1.165) is 29.5 Å². The zero-order valence-electron chi connectivity index (χ0n) is 17.9. The Morgan fingerprint density at radius 2 is 1.84 bits per heavy atom. The molecule has 3 N–H and O–H groups in total. The topological polar surface area (TPSA) is 94.3 Å². The number of alkyl halides is 1. The van der Waals surface area contributed by atoms with Crippen molar-refractivity contribution in [3.8, 4) is 11.1 Å². The average Bonchev–Trinajstić information content (AvgIpc) is 2.82. The Morgan fingerprint density at radius 1 is 1.06 bits per heavy atom. The number of anilines is 1. The van der Waals surface area contributed by atoms with Gasteiger partial charge in [-0.2, -0.15) is 0 Å². The van der Waals surface area contributed by atoms with Crippen molar-refractivity contribution in [1.29, 1.82) is 0 Å². The van der Waals surface area contributed by atoms with Crippen LogP contribution in [0.1, 0.15) is 52.1 Å². The Morgan fingerprint density at radius 3 is 2.56 bits per heavy atom. The molecule has 7 heteroatoms. The van der Waals surface area contributed by atoms with E-state index in [2.05, 4.69) is 10.3 Å². The van der Waals surface area contributed by atoms with E-state index in [-0.39, 0.29) is 11.9 Å². The summed E-state index contributed by atoms with van der Waals surface area (Å²) >= 11 is 5.66. The van der Waals surface area contributed by atoms with Crippen LogP contribution in [0.15, 0.2) is 67.0 Å². The van der Waals surface area contributed by atoms with Gasteiger partial charge in [-0.05, 0) is 72.9 Å². The molecule has 3 rings (SSSR count). The fourth-order valence-corrected chi connectivity index (χ4v) is 3.43. The predicted octanol–water partition coefficient (Wildman–Crippen LogP) is 5.20. The first-order chi connectivity index (χ1) is 15.5. The second-order valence-corrected chi connectivity index (χ2v) is 7.77. The summed E-state index contributed by atoms with van der Waals surface area (Å²) in [5, 5.41) is 2.85. The summed E-state index contributed by atoms with van der Waals surface area (Å²) < 4.78 is 5.34. The molecule has 1 heterocycles. The number of hydrogen-bond acceptors (Lipinski definition) is 5. The highest BCUT2D eigenvalue weighted by atomic mass is 35.5. The van der Waals surface area contributed by atoms with E-state index in [9.17, 15) is 9.59 Å². The lowest BCUT2D eigenvalue weighted by molar-refractivity contribution is 0.0500. The van der Waals surface area contributed by atoms with E-state index in [4.69, 9.17) is 22.1 Å². The van der Waals surface area contributed by atoms with Crippen molar-refractivity contribution in [2.24, 2.45) is 5.73 Å². The molecule has 3 aromatic rings. The van der Waals surface area contributed by atoms with E-state index < -0.39 is 5.97 Å². The maximum absolute atomic E-state index is 12.8. The quantitative estimate of drug-likeness (QED) is 0.265. The number of halogens is 1. The number of carbonyl (C=O) groups is 2. The molecule has 1 aromatic heterocycles. The van der Waals surface area contributed by atoms with Gasteiger partial charge < -0.3 is 15.8 Å². The lowest BCUT2D eigenvalue weighted by Crippen LogP contribution is -2.14. The first kappa shape index (κ1) is 23.4. The lowest BCUT2D eigenvalue weighted by Gasteiger charge is -2.16. The molecule has 0 aliphatic heterocycles. The van der Waals surface area contributed by atoms with Crippen molar-refractivity contribution >= 4 is 29.2 Å². The molecule has 1 amide bonds. The largest absolute Gasteiger partial charge is 0.462 e. The molecule has 2 aromatic carbocycles. The monoisotopic (exact) mass is 451 g/mol. The number of benzene rings is 2. The third-order valence-corrected chi connectivity index (χ3v) is 5.18. The summed E-state index contributed by atoms with van der Waals surface area (Å²) in [5.74, 6) is -0.100. The molecule has 6 nitrogen and oxygen atoms in total. The number of nitrogens with two attached hydrogens (primary N) is 1. The number of rotatable bonds is 9. The molecule has 0 spiro atoms. The Balaban J connectivity index is 1.88. The number of hydrogen-bond donors (Lipinski definition) is 2.